The second-order valence-electron chi connectivity index (χ2n) is 21.1. The normalized spacial score (nSPS) is 17.7. The quantitative estimate of drug-likeness (QED) is 0.0835. The van der Waals surface area contributed by atoms with Crippen LogP contribution in [0, 0.1) is 21.7 Å². The first-order valence-corrected chi connectivity index (χ1v) is 33.8. The molecular formula is C37H76O8Si4. The molecule has 49 heavy (non-hydrogen) atoms. The highest BCUT2D eigenvalue weighted by Crippen LogP contribution is 2.50. The van der Waals surface area contributed by atoms with Crippen molar-refractivity contribution < 1.29 is 38.5 Å². The lowest BCUT2D eigenvalue weighted by molar-refractivity contribution is -0.175. The van der Waals surface area contributed by atoms with Crippen LogP contribution in [-0.4, -0.2) is 76.7 Å². The van der Waals surface area contributed by atoms with E-state index < -0.39 is 86.1 Å². The number of carboxylic acid groups (broad SMARTS) is 1. The number of rotatable bonds is 18. The van der Waals surface area contributed by atoms with E-state index in [4.69, 9.17) is 14.2 Å². The number of ether oxygens (including phenoxy) is 3. The minimum Gasteiger partial charge on any atom is -0.481 e. The molecule has 1 N–H and O–H groups in total. The maximum Gasteiger partial charge on any atom is 0.312 e. The van der Waals surface area contributed by atoms with Gasteiger partial charge in [-0.3, -0.25) is 19.2 Å². The fraction of sp³-hybridized carbons (Fsp3) is 0.892. The summed E-state index contributed by atoms with van der Waals surface area (Å²) in [7, 11) is -3.26. The van der Waals surface area contributed by atoms with Gasteiger partial charge in [-0.05, 0) is 101 Å². The Labute approximate surface area is 304 Å². The summed E-state index contributed by atoms with van der Waals surface area (Å²) in [5.41, 5.74) is -6.58. The minimum absolute atomic E-state index is 0.0110. The molecule has 0 aromatic rings. The van der Waals surface area contributed by atoms with Crippen molar-refractivity contribution in [1.82, 2.24) is 0 Å². The number of hydrogen-bond acceptors (Lipinski definition) is 7. The third kappa shape index (κ3) is 11.6. The zero-order chi connectivity index (χ0) is 39.7. The fourth-order valence-electron chi connectivity index (χ4n) is 9.61. The monoisotopic (exact) mass is 760 g/mol. The van der Waals surface area contributed by atoms with E-state index in [2.05, 4.69) is 58.9 Å². The predicted molar refractivity (Wildman–Crippen MR) is 213 cm³/mol. The molecule has 12 heteroatoms. The molecule has 0 amide bonds. The van der Waals surface area contributed by atoms with E-state index in [0.29, 0.717) is 6.42 Å². The van der Waals surface area contributed by atoms with Gasteiger partial charge in [0.05, 0.1) is 28.8 Å². The van der Waals surface area contributed by atoms with Crippen LogP contribution in [0.4, 0.5) is 0 Å². The van der Waals surface area contributed by atoms with Crippen LogP contribution in [0.15, 0.2) is 0 Å². The second kappa shape index (κ2) is 15.4. The first-order chi connectivity index (χ1) is 21.3. The van der Waals surface area contributed by atoms with E-state index in [-0.39, 0.29) is 19.3 Å². The summed E-state index contributed by atoms with van der Waals surface area (Å²) in [6.45, 7) is 41.0. The van der Waals surface area contributed by atoms with Crippen LogP contribution in [0.25, 0.3) is 0 Å². The Balaban J connectivity index is 6.58. The number of esters is 3. The average molecular weight is 761 g/mol. The number of aliphatic carboxylic acids is 1. The van der Waals surface area contributed by atoms with Crippen LogP contribution in [0.3, 0.4) is 0 Å². The molecule has 0 bridgehead atoms. The van der Waals surface area contributed by atoms with E-state index in [1.807, 2.05) is 20.8 Å². The number of carbonyl (C=O) groups excluding carboxylic acids is 3. The van der Waals surface area contributed by atoms with Crippen LogP contribution in [0.1, 0.15) is 108 Å². The highest BCUT2D eigenvalue weighted by atomic mass is 29.9. The van der Waals surface area contributed by atoms with Gasteiger partial charge in [0.15, 0.2) is 0 Å². The number of carbonyl (C=O) groups is 4. The molecule has 0 spiro atoms. The summed E-state index contributed by atoms with van der Waals surface area (Å²) in [4.78, 5) is 53.9. The highest BCUT2D eigenvalue weighted by Gasteiger charge is 2.61. The number of methoxy groups -OCH3 is 1. The van der Waals surface area contributed by atoms with E-state index in [0.717, 1.165) is 12.5 Å². The Morgan fingerprint density at radius 3 is 1.31 bits per heavy atom. The average Bonchev–Trinajstić information content (AvgIpc) is 2.83. The van der Waals surface area contributed by atoms with E-state index >= 15 is 0 Å². The summed E-state index contributed by atoms with van der Waals surface area (Å²) in [5.74, 6) is -2.64. The molecule has 0 aromatic heterocycles. The van der Waals surface area contributed by atoms with Crippen LogP contribution < -0.4 is 0 Å². The molecule has 0 saturated carbocycles. The van der Waals surface area contributed by atoms with Crippen molar-refractivity contribution in [2.45, 2.75) is 184 Å². The molecule has 0 saturated heterocycles. The van der Waals surface area contributed by atoms with Gasteiger partial charge in [0.2, 0.25) is 0 Å². The molecule has 0 radical (unpaired) electrons. The predicted octanol–water partition coefficient (Wildman–Crippen LogP) is 9.62. The Hall–Kier alpha value is -1.25. The van der Waals surface area contributed by atoms with Gasteiger partial charge in [-0.15, -0.1) is 0 Å². The topological polar surface area (TPSA) is 116 Å². The van der Waals surface area contributed by atoms with Crippen LogP contribution in [0.5, 0.6) is 0 Å². The van der Waals surface area contributed by atoms with E-state index in [1.165, 1.54) is 7.11 Å². The molecule has 3 atom stereocenters. The zero-order valence-corrected chi connectivity index (χ0v) is 39.5. The molecule has 0 aliphatic rings. The molecular weight excluding hydrogens is 685 g/mol. The van der Waals surface area contributed by atoms with Crippen molar-refractivity contribution in [2.24, 2.45) is 21.7 Å². The molecule has 0 heterocycles. The van der Waals surface area contributed by atoms with Crippen molar-refractivity contribution in [3.05, 3.63) is 0 Å². The first kappa shape index (κ1) is 47.7. The Bertz CT molecular complexity index is 1170. The lowest BCUT2D eigenvalue weighted by Gasteiger charge is -2.58. The zero-order valence-electron chi connectivity index (χ0n) is 35.5. The summed E-state index contributed by atoms with van der Waals surface area (Å²) in [6.07, 6.45) is 0.964. The molecule has 0 aromatic carbocycles. The van der Waals surface area contributed by atoms with Crippen LogP contribution in [-0.2, 0) is 33.4 Å². The Kier molecular flexibility index (Phi) is 15.0. The summed E-state index contributed by atoms with van der Waals surface area (Å²) < 4.78 is 17.3. The van der Waals surface area contributed by atoms with E-state index in [9.17, 15) is 24.3 Å². The SMILES string of the molecule is CCC(C)(CC(C)(CC(C)(CC(C)(C)C(=O)OC(C)(C)CC[Si]([Si](C)(C)C)([Si](C)(C)C)[Si](C)(C)C)C(=O)OC)C(=O)O)C(=O)OC(C)(C)C. The number of carboxylic acids is 1. The van der Waals surface area contributed by atoms with Crippen molar-refractivity contribution in [1.29, 1.82) is 0 Å². The van der Waals surface area contributed by atoms with Gasteiger partial charge in [-0.1, -0.05) is 71.9 Å². The van der Waals surface area contributed by atoms with Gasteiger partial charge < -0.3 is 19.3 Å². The lowest BCUT2D eigenvalue weighted by atomic mass is 9.61. The van der Waals surface area contributed by atoms with Gasteiger partial charge in [0.1, 0.15) is 11.2 Å². The lowest BCUT2D eigenvalue weighted by Crippen LogP contribution is -2.82. The highest BCUT2D eigenvalue weighted by molar-refractivity contribution is 7.89. The summed E-state index contributed by atoms with van der Waals surface area (Å²) >= 11 is 0. The smallest absolute Gasteiger partial charge is 0.312 e. The van der Waals surface area contributed by atoms with Crippen LogP contribution >= 0.6 is 0 Å². The maximum absolute atomic E-state index is 14.1. The van der Waals surface area contributed by atoms with Crippen molar-refractivity contribution in [3.63, 3.8) is 0 Å². The minimum atomic E-state index is -1.67. The standard InChI is InChI=1S/C37H76O8Si4/c1-22-35(9,31(42)44-32(2,3)4)26-36(10,28(38)39)27-37(11,30(41)43-12)25-33(5,6)29(40)45-34(7,8)23-24-49(46(13,14)15,47(16,17)18)48(19,20)21/h22-27H2,1-21H3,(H,38,39). The van der Waals surface area contributed by atoms with Crippen molar-refractivity contribution in [2.75, 3.05) is 7.11 Å². The molecule has 288 valence electrons. The fourth-order valence-corrected chi connectivity index (χ4v) is 108. The third-order valence-corrected chi connectivity index (χ3v) is 85.6. The van der Waals surface area contributed by atoms with Crippen LogP contribution in [0.2, 0.25) is 65.0 Å². The molecule has 8 nitrogen and oxygen atoms in total. The number of hydrogen-bond donors (Lipinski definition) is 1. The second-order valence-corrected chi connectivity index (χ2v) is 62.5. The van der Waals surface area contributed by atoms with Gasteiger partial charge in [-0.25, -0.2) is 0 Å². The molecule has 0 fully saturated rings. The largest absolute Gasteiger partial charge is 0.481 e. The van der Waals surface area contributed by atoms with Crippen molar-refractivity contribution in [3.8, 4) is 0 Å². The summed E-state index contributed by atoms with van der Waals surface area (Å²) in [6, 6.07) is 1.15. The van der Waals surface area contributed by atoms with Crippen molar-refractivity contribution >= 4 is 53.3 Å². The molecule has 0 rings (SSSR count). The van der Waals surface area contributed by atoms with Gasteiger partial charge in [-0.2, -0.15) is 0 Å². The molecule has 0 aliphatic heterocycles. The Morgan fingerprint density at radius 1 is 0.571 bits per heavy atom. The summed E-state index contributed by atoms with van der Waals surface area (Å²) in [5, 5.41) is 10.6. The third-order valence-electron chi connectivity index (χ3n) is 11.1. The van der Waals surface area contributed by atoms with Gasteiger partial charge in [0, 0.05) is 29.4 Å². The first-order valence-electron chi connectivity index (χ1n) is 18.1. The Morgan fingerprint density at radius 2 is 0.980 bits per heavy atom. The maximum atomic E-state index is 14.1. The van der Waals surface area contributed by atoms with Gasteiger partial charge >= 0.3 is 23.9 Å². The van der Waals surface area contributed by atoms with Gasteiger partial charge in [0.25, 0.3) is 0 Å². The molecule has 0 aliphatic carbocycles. The molecule has 3 unspecified atom stereocenters. The van der Waals surface area contributed by atoms with E-state index in [1.54, 1.807) is 55.4 Å².